The van der Waals surface area contributed by atoms with Crippen LogP contribution in [0, 0.1) is 0 Å². The van der Waals surface area contributed by atoms with Gasteiger partial charge in [-0.1, -0.05) is 0 Å². The van der Waals surface area contributed by atoms with Crippen LogP contribution in [0.5, 0.6) is 0 Å². The number of nitrogens with zero attached hydrogens (tertiary/aromatic N) is 1. The molecular weight excluding hydrogens is 90.1 g/mol. The molecule has 0 aliphatic carbocycles. The molecule has 0 N–H and O–H groups in total. The van der Waals surface area contributed by atoms with E-state index < -0.39 is 0 Å². The second-order valence-corrected chi connectivity index (χ2v) is 1.64. The van der Waals surface area contributed by atoms with Gasteiger partial charge >= 0.3 is 0 Å². The third-order valence-corrected chi connectivity index (χ3v) is 1.09. The maximum Gasteiger partial charge on any atom is 0.178 e. The summed E-state index contributed by atoms with van der Waals surface area (Å²) in [4.78, 5) is 14.3. The van der Waals surface area contributed by atoms with E-state index in [1.165, 1.54) is 0 Å². The van der Waals surface area contributed by atoms with Gasteiger partial charge in [-0.15, -0.1) is 0 Å². The van der Waals surface area contributed by atoms with Crippen molar-refractivity contribution in [3.05, 3.63) is 0 Å². The van der Waals surface area contributed by atoms with Crippen LogP contribution in [0.2, 0.25) is 0 Å². The molecule has 1 aliphatic rings. The zero-order valence-corrected chi connectivity index (χ0v) is 4.27. The fourth-order valence-corrected chi connectivity index (χ4v) is 0.594. The van der Waals surface area contributed by atoms with Crippen molar-refractivity contribution >= 4 is 11.5 Å². The Morgan fingerprint density at radius 2 is 2.43 bits per heavy atom. The SMILES string of the molecule is CC1=NCCC1=O. The summed E-state index contributed by atoms with van der Waals surface area (Å²) in [5.74, 6) is 0.208. The summed E-state index contributed by atoms with van der Waals surface area (Å²) >= 11 is 0. The third kappa shape index (κ3) is 0.683. The van der Waals surface area contributed by atoms with E-state index in [2.05, 4.69) is 4.99 Å². The first-order valence-electron chi connectivity index (χ1n) is 2.35. The molecule has 0 amide bonds. The Balaban J connectivity index is 2.72. The molecule has 0 saturated carbocycles. The van der Waals surface area contributed by atoms with Gasteiger partial charge in [0.25, 0.3) is 0 Å². The van der Waals surface area contributed by atoms with Crippen LogP contribution in [0.4, 0.5) is 0 Å². The van der Waals surface area contributed by atoms with Crippen LogP contribution in [0.15, 0.2) is 4.99 Å². The number of hydrogen-bond donors (Lipinski definition) is 0. The van der Waals surface area contributed by atoms with Crippen molar-refractivity contribution in [3.63, 3.8) is 0 Å². The highest BCUT2D eigenvalue weighted by Crippen LogP contribution is 1.96. The van der Waals surface area contributed by atoms with Crippen LogP contribution in [0.1, 0.15) is 13.3 Å². The first-order valence-corrected chi connectivity index (χ1v) is 2.35. The van der Waals surface area contributed by atoms with Gasteiger partial charge in [-0.05, 0) is 6.92 Å². The minimum absolute atomic E-state index is 0.208. The van der Waals surface area contributed by atoms with Crippen molar-refractivity contribution in [3.8, 4) is 0 Å². The lowest BCUT2D eigenvalue weighted by Crippen LogP contribution is -2.01. The van der Waals surface area contributed by atoms with Crippen LogP contribution in [-0.2, 0) is 4.79 Å². The van der Waals surface area contributed by atoms with Crippen LogP contribution < -0.4 is 0 Å². The summed E-state index contributed by atoms with van der Waals surface area (Å²) in [6.45, 7) is 2.47. The van der Waals surface area contributed by atoms with Gasteiger partial charge in [0.05, 0.1) is 5.71 Å². The second kappa shape index (κ2) is 1.45. The van der Waals surface area contributed by atoms with Crippen molar-refractivity contribution in [2.45, 2.75) is 13.3 Å². The average Bonchev–Trinajstić information content (AvgIpc) is 1.91. The number of carbonyl (C=O) groups excluding carboxylic acids is 1. The lowest BCUT2D eigenvalue weighted by molar-refractivity contribution is -0.112. The fourth-order valence-electron chi connectivity index (χ4n) is 0.594. The highest BCUT2D eigenvalue weighted by Gasteiger charge is 2.09. The molecule has 0 aromatic carbocycles. The van der Waals surface area contributed by atoms with E-state index in [4.69, 9.17) is 0 Å². The summed E-state index contributed by atoms with van der Waals surface area (Å²) < 4.78 is 0. The van der Waals surface area contributed by atoms with E-state index in [-0.39, 0.29) is 5.78 Å². The van der Waals surface area contributed by atoms with Gasteiger partial charge in [0.2, 0.25) is 0 Å². The molecule has 1 aliphatic heterocycles. The molecule has 2 heteroatoms. The number of carbonyl (C=O) groups is 1. The molecular formula is C5H7NO. The van der Waals surface area contributed by atoms with Gasteiger partial charge in [-0.3, -0.25) is 9.79 Å². The smallest absolute Gasteiger partial charge is 0.178 e. The molecule has 0 aromatic heterocycles. The topological polar surface area (TPSA) is 29.4 Å². The average molecular weight is 97.1 g/mol. The van der Waals surface area contributed by atoms with Crippen LogP contribution in [-0.4, -0.2) is 18.0 Å². The predicted octanol–water partition coefficient (Wildman–Crippen LogP) is 0.420. The molecule has 1 rings (SSSR count). The summed E-state index contributed by atoms with van der Waals surface area (Å²) in [6, 6.07) is 0. The van der Waals surface area contributed by atoms with Gasteiger partial charge in [-0.2, -0.15) is 0 Å². The standard InChI is InChI=1S/C5H7NO/c1-4-5(7)2-3-6-4/h2-3H2,1H3. The Kier molecular flexibility index (Phi) is 0.929. The Morgan fingerprint density at radius 3 is 2.57 bits per heavy atom. The number of aliphatic imine (C=N–C) groups is 1. The predicted molar refractivity (Wildman–Crippen MR) is 27.6 cm³/mol. The van der Waals surface area contributed by atoms with Crippen molar-refractivity contribution in [2.75, 3.05) is 6.54 Å². The molecule has 0 radical (unpaired) electrons. The van der Waals surface area contributed by atoms with E-state index in [0.717, 1.165) is 0 Å². The van der Waals surface area contributed by atoms with Crippen molar-refractivity contribution in [2.24, 2.45) is 4.99 Å². The van der Waals surface area contributed by atoms with E-state index in [1.54, 1.807) is 6.92 Å². The zero-order valence-electron chi connectivity index (χ0n) is 4.27. The maximum absolute atomic E-state index is 10.4. The molecule has 7 heavy (non-hydrogen) atoms. The molecule has 0 spiro atoms. The highest BCUT2D eigenvalue weighted by atomic mass is 16.1. The summed E-state index contributed by atoms with van der Waals surface area (Å²) in [6.07, 6.45) is 0.631. The zero-order chi connectivity index (χ0) is 5.28. The van der Waals surface area contributed by atoms with Gasteiger partial charge in [-0.25, -0.2) is 0 Å². The Hall–Kier alpha value is -0.660. The van der Waals surface area contributed by atoms with E-state index in [0.29, 0.717) is 18.7 Å². The largest absolute Gasteiger partial charge is 0.293 e. The lowest BCUT2D eigenvalue weighted by atomic mass is 10.2. The quantitative estimate of drug-likeness (QED) is 0.430. The first-order chi connectivity index (χ1) is 3.30. The van der Waals surface area contributed by atoms with Crippen LogP contribution >= 0.6 is 0 Å². The molecule has 0 saturated heterocycles. The fraction of sp³-hybridized carbons (Fsp3) is 0.600. The number of rotatable bonds is 0. The Morgan fingerprint density at radius 1 is 1.71 bits per heavy atom. The van der Waals surface area contributed by atoms with E-state index in [1.807, 2.05) is 0 Å². The minimum Gasteiger partial charge on any atom is -0.293 e. The molecule has 0 unspecified atom stereocenters. The highest BCUT2D eigenvalue weighted by molar-refractivity contribution is 6.40. The van der Waals surface area contributed by atoms with Gasteiger partial charge in [0.15, 0.2) is 5.78 Å². The summed E-state index contributed by atoms with van der Waals surface area (Å²) in [5.41, 5.74) is 0.694. The molecule has 0 fully saturated rings. The minimum atomic E-state index is 0.208. The molecule has 38 valence electrons. The third-order valence-electron chi connectivity index (χ3n) is 1.09. The van der Waals surface area contributed by atoms with Crippen molar-refractivity contribution in [1.29, 1.82) is 0 Å². The van der Waals surface area contributed by atoms with Crippen molar-refractivity contribution < 1.29 is 4.79 Å². The summed E-state index contributed by atoms with van der Waals surface area (Å²) in [5, 5.41) is 0. The number of hydrogen-bond acceptors (Lipinski definition) is 2. The maximum atomic E-state index is 10.4. The van der Waals surface area contributed by atoms with Gasteiger partial charge in [0, 0.05) is 13.0 Å². The monoisotopic (exact) mass is 97.1 g/mol. The van der Waals surface area contributed by atoms with E-state index in [9.17, 15) is 4.79 Å². The second-order valence-electron chi connectivity index (χ2n) is 1.64. The summed E-state index contributed by atoms with van der Waals surface area (Å²) in [7, 11) is 0. The number of ketones is 1. The molecule has 0 aromatic rings. The Labute approximate surface area is 42.3 Å². The molecule has 1 heterocycles. The lowest BCUT2D eigenvalue weighted by Gasteiger charge is -1.78. The molecule has 0 bridgehead atoms. The van der Waals surface area contributed by atoms with Crippen LogP contribution in [0.25, 0.3) is 0 Å². The van der Waals surface area contributed by atoms with Gasteiger partial charge in [0.1, 0.15) is 0 Å². The number of Topliss-reactive ketones (excluding diaryl/α,β-unsaturated/α-hetero) is 1. The van der Waals surface area contributed by atoms with Crippen molar-refractivity contribution in [1.82, 2.24) is 0 Å². The van der Waals surface area contributed by atoms with Crippen LogP contribution in [0.3, 0.4) is 0 Å². The molecule has 2 nitrogen and oxygen atoms in total. The van der Waals surface area contributed by atoms with Gasteiger partial charge < -0.3 is 0 Å². The molecule has 0 atom stereocenters. The van der Waals surface area contributed by atoms with E-state index >= 15 is 0 Å². The Bertz CT molecular complexity index is 126. The normalized spacial score (nSPS) is 20.1. The first kappa shape index (κ1) is 4.50.